The normalized spacial score (nSPS) is 22.1. The lowest BCUT2D eigenvalue weighted by atomic mass is 10.0. The number of ether oxygens (including phenoxy) is 1. The van der Waals surface area contributed by atoms with E-state index in [0.29, 0.717) is 24.8 Å². The predicted octanol–water partition coefficient (Wildman–Crippen LogP) is 3.20. The van der Waals surface area contributed by atoms with Crippen LogP contribution in [0.2, 0.25) is 0 Å². The Morgan fingerprint density at radius 3 is 2.91 bits per heavy atom. The molecular formula is C17H26N2O3. The van der Waals surface area contributed by atoms with Crippen molar-refractivity contribution < 1.29 is 14.6 Å². The molecule has 0 bridgehead atoms. The van der Waals surface area contributed by atoms with Crippen LogP contribution in [0.25, 0.3) is 0 Å². The first-order chi connectivity index (χ1) is 10.5. The highest BCUT2D eigenvalue weighted by Gasteiger charge is 2.31. The third-order valence-electron chi connectivity index (χ3n) is 4.13. The molecule has 5 heteroatoms. The SMILES string of the molecule is CCCC[C@@H]1CN(c2ncccc2C(=O)O)C[C@H](C(C)C)O1. The van der Waals surface area contributed by atoms with E-state index in [4.69, 9.17) is 4.74 Å². The lowest BCUT2D eigenvalue weighted by Gasteiger charge is -2.40. The Kier molecular flexibility index (Phi) is 5.77. The Labute approximate surface area is 132 Å². The highest BCUT2D eigenvalue weighted by Crippen LogP contribution is 2.26. The van der Waals surface area contributed by atoms with E-state index >= 15 is 0 Å². The summed E-state index contributed by atoms with van der Waals surface area (Å²) in [6, 6.07) is 3.29. The summed E-state index contributed by atoms with van der Waals surface area (Å²) in [6.45, 7) is 7.85. The Hall–Kier alpha value is -1.62. The molecule has 5 nitrogen and oxygen atoms in total. The van der Waals surface area contributed by atoms with Crippen LogP contribution in [0.15, 0.2) is 18.3 Å². The predicted molar refractivity (Wildman–Crippen MR) is 86.4 cm³/mol. The summed E-state index contributed by atoms with van der Waals surface area (Å²) < 4.78 is 6.19. The van der Waals surface area contributed by atoms with Crippen molar-refractivity contribution in [3.05, 3.63) is 23.9 Å². The molecule has 0 spiro atoms. The van der Waals surface area contributed by atoms with E-state index in [1.807, 2.05) is 0 Å². The van der Waals surface area contributed by atoms with Gasteiger partial charge >= 0.3 is 5.97 Å². The van der Waals surface area contributed by atoms with Gasteiger partial charge in [-0.1, -0.05) is 33.6 Å². The topological polar surface area (TPSA) is 62.7 Å². The molecule has 22 heavy (non-hydrogen) atoms. The van der Waals surface area contributed by atoms with Crippen molar-refractivity contribution in [3.63, 3.8) is 0 Å². The van der Waals surface area contributed by atoms with Crippen LogP contribution in [0.3, 0.4) is 0 Å². The van der Waals surface area contributed by atoms with Crippen LogP contribution in [0, 0.1) is 5.92 Å². The van der Waals surface area contributed by atoms with Crippen LogP contribution in [-0.2, 0) is 4.74 Å². The summed E-state index contributed by atoms with van der Waals surface area (Å²) in [5, 5.41) is 9.38. The van der Waals surface area contributed by atoms with Crippen molar-refractivity contribution in [3.8, 4) is 0 Å². The minimum absolute atomic E-state index is 0.110. The van der Waals surface area contributed by atoms with Gasteiger partial charge < -0.3 is 14.7 Å². The van der Waals surface area contributed by atoms with E-state index in [1.54, 1.807) is 18.3 Å². The molecule has 1 N–H and O–H groups in total. The maximum atomic E-state index is 11.4. The Balaban J connectivity index is 2.23. The minimum atomic E-state index is -0.930. The van der Waals surface area contributed by atoms with Crippen LogP contribution >= 0.6 is 0 Å². The fourth-order valence-electron chi connectivity index (χ4n) is 2.82. The third kappa shape index (κ3) is 3.97. The quantitative estimate of drug-likeness (QED) is 0.874. The van der Waals surface area contributed by atoms with Gasteiger partial charge in [0.1, 0.15) is 11.4 Å². The van der Waals surface area contributed by atoms with Crippen molar-refractivity contribution in [2.45, 2.75) is 52.2 Å². The molecule has 0 aromatic carbocycles. The van der Waals surface area contributed by atoms with E-state index in [-0.39, 0.29) is 17.8 Å². The number of hydrogen-bond acceptors (Lipinski definition) is 4. The van der Waals surface area contributed by atoms with Gasteiger partial charge in [0.15, 0.2) is 0 Å². The number of carboxylic acids is 1. The first-order valence-electron chi connectivity index (χ1n) is 8.11. The summed E-state index contributed by atoms with van der Waals surface area (Å²) in [6.07, 6.45) is 5.17. The number of hydrogen-bond donors (Lipinski definition) is 1. The number of nitrogens with zero attached hydrogens (tertiary/aromatic N) is 2. The molecule has 2 atom stereocenters. The number of aromatic nitrogens is 1. The molecule has 2 heterocycles. The molecule has 0 unspecified atom stereocenters. The standard InChI is InChI=1S/C17H26N2O3/c1-4-5-7-13-10-19(11-15(22-13)12(2)3)16-14(17(20)21)8-6-9-18-16/h6,8-9,12-13,15H,4-5,7,10-11H2,1-3H3,(H,20,21)/t13-,15-/m1/s1. The Bertz CT molecular complexity index is 504. The van der Waals surface area contributed by atoms with Crippen LogP contribution in [0.1, 0.15) is 50.4 Å². The summed E-state index contributed by atoms with van der Waals surface area (Å²) in [4.78, 5) is 17.8. The van der Waals surface area contributed by atoms with Crippen LogP contribution < -0.4 is 4.90 Å². The van der Waals surface area contributed by atoms with Crippen LogP contribution in [0.5, 0.6) is 0 Å². The molecule has 1 aromatic heterocycles. The smallest absolute Gasteiger partial charge is 0.339 e. The van der Waals surface area contributed by atoms with Gasteiger partial charge in [-0.05, 0) is 24.5 Å². The zero-order chi connectivity index (χ0) is 16.1. The van der Waals surface area contributed by atoms with Crippen LogP contribution in [-0.4, -0.2) is 41.4 Å². The molecular weight excluding hydrogens is 280 g/mol. The van der Waals surface area contributed by atoms with E-state index in [2.05, 4.69) is 30.7 Å². The van der Waals surface area contributed by atoms with Gasteiger partial charge in [-0.2, -0.15) is 0 Å². The van der Waals surface area contributed by atoms with Gasteiger partial charge in [-0.15, -0.1) is 0 Å². The van der Waals surface area contributed by atoms with Gasteiger partial charge in [0, 0.05) is 19.3 Å². The van der Waals surface area contributed by atoms with Gasteiger partial charge in [0.25, 0.3) is 0 Å². The van der Waals surface area contributed by atoms with Crippen molar-refractivity contribution in [1.29, 1.82) is 0 Å². The average molecular weight is 306 g/mol. The first kappa shape index (κ1) is 16.7. The van der Waals surface area contributed by atoms with Crippen LogP contribution in [0.4, 0.5) is 5.82 Å². The maximum absolute atomic E-state index is 11.4. The molecule has 1 aliphatic rings. The van der Waals surface area contributed by atoms with E-state index < -0.39 is 5.97 Å². The highest BCUT2D eigenvalue weighted by atomic mass is 16.5. The molecule has 1 aliphatic heterocycles. The fraction of sp³-hybridized carbons (Fsp3) is 0.647. The zero-order valence-corrected chi connectivity index (χ0v) is 13.7. The van der Waals surface area contributed by atoms with Gasteiger partial charge in [0.2, 0.25) is 0 Å². The Morgan fingerprint density at radius 2 is 2.27 bits per heavy atom. The second-order valence-electron chi connectivity index (χ2n) is 6.27. The Morgan fingerprint density at radius 1 is 1.50 bits per heavy atom. The highest BCUT2D eigenvalue weighted by molar-refractivity contribution is 5.93. The molecule has 0 amide bonds. The zero-order valence-electron chi connectivity index (χ0n) is 13.7. The second kappa shape index (κ2) is 7.58. The molecule has 0 aliphatic carbocycles. The third-order valence-corrected chi connectivity index (χ3v) is 4.13. The van der Waals surface area contributed by atoms with Gasteiger partial charge in [-0.3, -0.25) is 0 Å². The fourth-order valence-corrected chi connectivity index (χ4v) is 2.82. The summed E-state index contributed by atoms with van der Waals surface area (Å²) in [5.74, 6) is 0.0233. The van der Waals surface area contributed by atoms with E-state index in [0.717, 1.165) is 19.3 Å². The average Bonchev–Trinajstić information content (AvgIpc) is 2.52. The van der Waals surface area contributed by atoms with Crippen molar-refractivity contribution in [2.75, 3.05) is 18.0 Å². The number of pyridine rings is 1. The maximum Gasteiger partial charge on any atom is 0.339 e. The number of carbonyl (C=O) groups is 1. The van der Waals surface area contributed by atoms with Crippen molar-refractivity contribution in [1.82, 2.24) is 4.98 Å². The molecule has 122 valence electrons. The lowest BCUT2D eigenvalue weighted by molar-refractivity contribution is -0.0521. The summed E-state index contributed by atoms with van der Waals surface area (Å²) in [5.41, 5.74) is 0.265. The number of rotatable bonds is 6. The summed E-state index contributed by atoms with van der Waals surface area (Å²) >= 11 is 0. The van der Waals surface area contributed by atoms with E-state index in [9.17, 15) is 9.90 Å². The number of carboxylic acid groups (broad SMARTS) is 1. The molecule has 2 rings (SSSR count). The monoisotopic (exact) mass is 306 g/mol. The van der Waals surface area contributed by atoms with Gasteiger partial charge in [-0.25, -0.2) is 9.78 Å². The van der Waals surface area contributed by atoms with E-state index in [1.165, 1.54) is 0 Å². The lowest BCUT2D eigenvalue weighted by Crippen LogP contribution is -2.50. The number of anilines is 1. The molecule has 0 saturated carbocycles. The summed E-state index contributed by atoms with van der Waals surface area (Å²) in [7, 11) is 0. The molecule has 0 radical (unpaired) electrons. The molecule has 1 saturated heterocycles. The molecule has 1 fully saturated rings. The molecule has 1 aromatic rings. The van der Waals surface area contributed by atoms with Crippen molar-refractivity contribution >= 4 is 11.8 Å². The van der Waals surface area contributed by atoms with Crippen molar-refractivity contribution in [2.24, 2.45) is 5.92 Å². The van der Waals surface area contributed by atoms with Gasteiger partial charge in [0.05, 0.1) is 12.2 Å². The first-order valence-corrected chi connectivity index (χ1v) is 8.11. The number of morpholine rings is 1. The minimum Gasteiger partial charge on any atom is -0.478 e. The number of aromatic carboxylic acids is 1. The largest absolute Gasteiger partial charge is 0.478 e. The number of unbranched alkanes of at least 4 members (excludes halogenated alkanes) is 1. The second-order valence-corrected chi connectivity index (χ2v) is 6.27.